The third-order valence-corrected chi connectivity index (χ3v) is 4.94. The highest BCUT2D eigenvalue weighted by Gasteiger charge is 2.28. The molecule has 0 aliphatic heterocycles. The Bertz CT molecular complexity index is 798. The number of unbranched alkanes of at least 4 members (excludes halogenated alkanes) is 1. The molecule has 0 radical (unpaired) electrons. The van der Waals surface area contributed by atoms with Gasteiger partial charge in [-0.15, -0.1) is 0 Å². The topological polar surface area (TPSA) is 39.2 Å². The molecule has 0 bridgehead atoms. The summed E-state index contributed by atoms with van der Waals surface area (Å²) in [6, 6.07) is 6.45. The maximum absolute atomic E-state index is 12.4. The van der Waals surface area contributed by atoms with Gasteiger partial charge in [0.05, 0.1) is 12.1 Å². The Morgan fingerprint density at radius 2 is 1.96 bits per heavy atom. The summed E-state index contributed by atoms with van der Waals surface area (Å²) in [5, 5.41) is 1.17. The minimum atomic E-state index is -0.315. The maximum atomic E-state index is 12.4. The van der Waals surface area contributed by atoms with Gasteiger partial charge in [0, 0.05) is 5.39 Å². The summed E-state index contributed by atoms with van der Waals surface area (Å²) in [7, 11) is 0. The van der Waals surface area contributed by atoms with Crippen molar-refractivity contribution in [3.8, 4) is 0 Å². The highest BCUT2D eigenvalue weighted by atomic mass is 16.5. The third-order valence-electron chi connectivity index (χ3n) is 4.94. The Balaban J connectivity index is 2.09. The van der Waals surface area contributed by atoms with E-state index in [0.717, 1.165) is 23.9 Å². The van der Waals surface area contributed by atoms with Crippen LogP contribution < -0.4 is 0 Å². The fourth-order valence-electron chi connectivity index (χ4n) is 3.23. The van der Waals surface area contributed by atoms with E-state index in [-0.39, 0.29) is 11.4 Å². The molecule has 0 N–H and O–H groups in total. The molecule has 1 heterocycles. The minimum absolute atomic E-state index is 0.0205. The number of esters is 1. The van der Waals surface area contributed by atoms with Crippen molar-refractivity contribution in [2.24, 2.45) is 0 Å². The van der Waals surface area contributed by atoms with Gasteiger partial charge in [0.15, 0.2) is 0 Å². The van der Waals surface area contributed by atoms with Crippen LogP contribution in [0.5, 0.6) is 0 Å². The van der Waals surface area contributed by atoms with Gasteiger partial charge in [0.1, 0.15) is 5.69 Å². The second-order valence-corrected chi connectivity index (χ2v) is 8.30. The monoisotopic (exact) mass is 339 g/mol. The van der Waals surface area contributed by atoms with E-state index in [0.29, 0.717) is 18.2 Å². The van der Waals surface area contributed by atoms with Crippen LogP contribution in [0.3, 0.4) is 0 Å². The minimum Gasteiger partial charge on any atom is -0.461 e. The number of hydrogen-bond acceptors (Lipinski definition) is 3. The molecule has 1 aliphatic carbocycles. The Morgan fingerprint density at radius 3 is 2.56 bits per heavy atom. The molecule has 1 aromatic heterocycles. The zero-order valence-electron chi connectivity index (χ0n) is 16.1. The van der Waals surface area contributed by atoms with Crippen LogP contribution in [-0.4, -0.2) is 17.6 Å². The van der Waals surface area contributed by atoms with E-state index in [4.69, 9.17) is 9.72 Å². The van der Waals surface area contributed by atoms with Gasteiger partial charge in [0.2, 0.25) is 0 Å². The van der Waals surface area contributed by atoms with E-state index in [2.05, 4.69) is 46.8 Å². The van der Waals surface area contributed by atoms with Crippen LogP contribution in [0.2, 0.25) is 0 Å². The van der Waals surface area contributed by atoms with Crippen molar-refractivity contribution in [2.45, 2.75) is 71.6 Å². The largest absolute Gasteiger partial charge is 0.461 e. The molecule has 3 rings (SSSR count). The van der Waals surface area contributed by atoms with Gasteiger partial charge in [-0.1, -0.05) is 40.2 Å². The lowest BCUT2D eigenvalue weighted by Crippen LogP contribution is -2.15. The molecule has 0 atom stereocenters. The summed E-state index contributed by atoms with van der Waals surface area (Å²) in [5.74, 6) is 0.383. The summed E-state index contributed by atoms with van der Waals surface area (Å²) >= 11 is 0. The fourth-order valence-corrected chi connectivity index (χ4v) is 3.23. The Morgan fingerprint density at radius 1 is 1.24 bits per heavy atom. The molecule has 134 valence electrons. The van der Waals surface area contributed by atoms with Crippen LogP contribution >= 0.6 is 0 Å². The molecule has 25 heavy (non-hydrogen) atoms. The molecule has 1 saturated carbocycles. The number of hydrogen-bond donors (Lipinski definition) is 0. The summed E-state index contributed by atoms with van der Waals surface area (Å²) in [6.07, 6.45) is 4.46. The van der Waals surface area contributed by atoms with Crippen molar-refractivity contribution >= 4 is 16.9 Å². The second kappa shape index (κ2) is 6.78. The standard InChI is InChI=1S/C22H29NO2/c1-6-7-10-25-21(24)19-11-14(2)17-12-16(15-8-9-15)13-18(20(17)23-19)22(3,4)5/h11-13,15H,6-10H2,1-5H3. The predicted molar refractivity (Wildman–Crippen MR) is 102 cm³/mol. The first-order chi connectivity index (χ1) is 11.8. The molecule has 1 fully saturated rings. The van der Waals surface area contributed by atoms with Gasteiger partial charge in [-0.05, 0) is 66.3 Å². The Hall–Kier alpha value is -1.90. The van der Waals surface area contributed by atoms with Crippen LogP contribution in [0, 0.1) is 6.92 Å². The van der Waals surface area contributed by atoms with E-state index < -0.39 is 0 Å². The van der Waals surface area contributed by atoms with E-state index in [1.54, 1.807) is 0 Å². The smallest absolute Gasteiger partial charge is 0.356 e. The number of ether oxygens (including phenoxy) is 1. The second-order valence-electron chi connectivity index (χ2n) is 8.30. The van der Waals surface area contributed by atoms with E-state index >= 15 is 0 Å². The molecule has 0 spiro atoms. The van der Waals surface area contributed by atoms with E-state index in [1.807, 2.05) is 6.07 Å². The molecule has 0 amide bonds. The lowest BCUT2D eigenvalue weighted by Gasteiger charge is -2.23. The van der Waals surface area contributed by atoms with Gasteiger partial charge in [0.25, 0.3) is 0 Å². The van der Waals surface area contributed by atoms with Crippen molar-refractivity contribution < 1.29 is 9.53 Å². The Labute approximate surface area is 150 Å². The first kappa shape index (κ1) is 17.9. The molecular weight excluding hydrogens is 310 g/mol. The first-order valence-electron chi connectivity index (χ1n) is 9.44. The van der Waals surface area contributed by atoms with Gasteiger partial charge in [-0.3, -0.25) is 0 Å². The number of aryl methyl sites for hydroxylation is 1. The van der Waals surface area contributed by atoms with Gasteiger partial charge >= 0.3 is 5.97 Å². The number of rotatable bonds is 5. The number of benzene rings is 1. The van der Waals surface area contributed by atoms with Crippen molar-refractivity contribution in [2.75, 3.05) is 6.61 Å². The normalized spacial score (nSPS) is 14.8. The van der Waals surface area contributed by atoms with Gasteiger partial charge in [-0.2, -0.15) is 0 Å². The highest BCUT2D eigenvalue weighted by Crippen LogP contribution is 2.43. The van der Waals surface area contributed by atoms with E-state index in [9.17, 15) is 4.79 Å². The lowest BCUT2D eigenvalue weighted by molar-refractivity contribution is 0.0493. The fraction of sp³-hybridized carbons (Fsp3) is 0.545. The SMILES string of the molecule is CCCCOC(=O)c1cc(C)c2cc(C3CC3)cc(C(C)(C)C)c2n1. The molecule has 0 saturated heterocycles. The quantitative estimate of drug-likeness (QED) is 0.520. The van der Waals surface area contributed by atoms with Crippen LogP contribution in [0.4, 0.5) is 0 Å². The zero-order valence-corrected chi connectivity index (χ0v) is 16.1. The number of nitrogens with zero attached hydrogens (tertiary/aromatic N) is 1. The predicted octanol–water partition coefficient (Wildman–Crippen LogP) is 5.68. The van der Waals surface area contributed by atoms with Crippen LogP contribution in [-0.2, 0) is 10.2 Å². The van der Waals surface area contributed by atoms with Crippen molar-refractivity contribution in [3.63, 3.8) is 0 Å². The van der Waals surface area contributed by atoms with Gasteiger partial charge in [-0.25, -0.2) is 9.78 Å². The molecule has 1 aromatic carbocycles. The van der Waals surface area contributed by atoms with Crippen LogP contribution in [0.15, 0.2) is 18.2 Å². The van der Waals surface area contributed by atoms with Gasteiger partial charge < -0.3 is 4.74 Å². The Kier molecular flexibility index (Phi) is 4.86. The number of fused-ring (bicyclic) bond motifs is 1. The third kappa shape index (κ3) is 3.86. The molecule has 3 heteroatoms. The average Bonchev–Trinajstić information content (AvgIpc) is 3.38. The summed E-state index contributed by atoms with van der Waals surface area (Å²) in [6.45, 7) is 11.2. The van der Waals surface area contributed by atoms with E-state index in [1.165, 1.54) is 29.4 Å². The molecule has 1 aliphatic rings. The molecule has 2 aromatic rings. The number of carbonyl (C=O) groups excluding carboxylic acids is 1. The first-order valence-corrected chi connectivity index (χ1v) is 9.44. The zero-order chi connectivity index (χ0) is 18.2. The summed E-state index contributed by atoms with van der Waals surface area (Å²) < 4.78 is 5.37. The van der Waals surface area contributed by atoms with Crippen molar-refractivity contribution in [3.05, 3.63) is 40.6 Å². The summed E-state index contributed by atoms with van der Waals surface area (Å²) in [5.41, 5.74) is 5.08. The lowest BCUT2D eigenvalue weighted by atomic mass is 9.83. The number of aromatic nitrogens is 1. The molecular formula is C22H29NO2. The molecule has 3 nitrogen and oxygen atoms in total. The maximum Gasteiger partial charge on any atom is 0.356 e. The van der Waals surface area contributed by atoms with Crippen LogP contribution in [0.25, 0.3) is 10.9 Å². The average molecular weight is 339 g/mol. The van der Waals surface area contributed by atoms with Crippen molar-refractivity contribution in [1.29, 1.82) is 0 Å². The van der Waals surface area contributed by atoms with Crippen molar-refractivity contribution in [1.82, 2.24) is 4.98 Å². The summed E-state index contributed by atoms with van der Waals surface area (Å²) in [4.78, 5) is 17.1. The highest BCUT2D eigenvalue weighted by molar-refractivity contribution is 5.94. The number of pyridine rings is 1. The number of carbonyl (C=O) groups is 1. The van der Waals surface area contributed by atoms with Crippen LogP contribution in [0.1, 0.15) is 86.5 Å². The molecule has 0 unspecified atom stereocenters.